The van der Waals surface area contributed by atoms with Gasteiger partial charge >= 0.3 is 5.97 Å². The number of unbranched alkanes of at least 4 members (excludes halogenated alkanes) is 36. The first kappa shape index (κ1) is 65.8. The Labute approximate surface area is 423 Å². The first-order valence-electron chi connectivity index (χ1n) is 29.9. The third kappa shape index (κ3) is 53.2. The number of carbonyl (C=O) groups excluding carboxylic acids is 2. The van der Waals surface area contributed by atoms with Crippen molar-refractivity contribution in [1.29, 1.82) is 0 Å². The van der Waals surface area contributed by atoms with Crippen LogP contribution in [0.4, 0.5) is 0 Å². The molecule has 0 fully saturated rings. The van der Waals surface area contributed by atoms with Crippen LogP contribution >= 0.6 is 0 Å². The van der Waals surface area contributed by atoms with E-state index in [4.69, 9.17) is 4.74 Å². The van der Waals surface area contributed by atoms with Crippen LogP contribution in [0, 0.1) is 0 Å². The summed E-state index contributed by atoms with van der Waals surface area (Å²) in [6.45, 7) is 4.89. The first-order chi connectivity index (χ1) is 33.5. The molecule has 0 saturated carbocycles. The summed E-state index contributed by atoms with van der Waals surface area (Å²) in [5, 5.41) is 23.3. The Balaban J connectivity index is 3.50. The van der Waals surface area contributed by atoms with Crippen molar-refractivity contribution in [1.82, 2.24) is 5.32 Å². The maximum atomic E-state index is 12.5. The zero-order valence-corrected chi connectivity index (χ0v) is 45.3. The summed E-state index contributed by atoms with van der Waals surface area (Å²) in [7, 11) is 0. The molecule has 1 amide bonds. The highest BCUT2D eigenvalue weighted by Gasteiger charge is 2.20. The molecular formula is C62H115NO5. The smallest absolute Gasteiger partial charge is 0.305 e. The van der Waals surface area contributed by atoms with E-state index in [9.17, 15) is 19.8 Å². The molecule has 0 aromatic rings. The third-order valence-electron chi connectivity index (χ3n) is 13.6. The summed E-state index contributed by atoms with van der Waals surface area (Å²) >= 11 is 0. The molecule has 0 bridgehead atoms. The number of aliphatic hydroxyl groups excluding tert-OH is 2. The van der Waals surface area contributed by atoms with Crippen molar-refractivity contribution in [3.8, 4) is 0 Å². The van der Waals surface area contributed by atoms with Crippen LogP contribution in [-0.2, 0) is 14.3 Å². The molecular weight excluding hydrogens is 839 g/mol. The summed E-state index contributed by atoms with van der Waals surface area (Å²) in [5.74, 6) is -0.0738. The van der Waals surface area contributed by atoms with Crippen LogP contribution in [0.15, 0.2) is 48.6 Å². The van der Waals surface area contributed by atoms with Gasteiger partial charge < -0.3 is 20.3 Å². The van der Waals surface area contributed by atoms with E-state index in [0.29, 0.717) is 25.9 Å². The molecule has 0 aliphatic carbocycles. The van der Waals surface area contributed by atoms with E-state index in [-0.39, 0.29) is 18.5 Å². The van der Waals surface area contributed by atoms with E-state index in [1.165, 1.54) is 186 Å². The van der Waals surface area contributed by atoms with Gasteiger partial charge in [-0.1, -0.05) is 249 Å². The zero-order chi connectivity index (χ0) is 49.3. The number of rotatable bonds is 55. The van der Waals surface area contributed by atoms with Crippen molar-refractivity contribution in [2.24, 2.45) is 0 Å². The average molecular weight is 955 g/mol. The van der Waals surface area contributed by atoms with E-state index in [0.717, 1.165) is 89.9 Å². The molecule has 2 atom stereocenters. The number of nitrogens with one attached hydrogen (secondary N) is 1. The molecule has 0 aliphatic rings. The van der Waals surface area contributed by atoms with Crippen molar-refractivity contribution >= 4 is 11.9 Å². The fraction of sp³-hybridized carbons (Fsp3) is 0.839. The van der Waals surface area contributed by atoms with Gasteiger partial charge in [-0.3, -0.25) is 9.59 Å². The number of amides is 1. The molecule has 0 radical (unpaired) electrons. The second-order valence-corrected chi connectivity index (χ2v) is 20.3. The lowest BCUT2D eigenvalue weighted by molar-refractivity contribution is -0.143. The second kappa shape index (κ2) is 57.4. The summed E-state index contributed by atoms with van der Waals surface area (Å²) in [5.41, 5.74) is 0. The number of hydrogen-bond donors (Lipinski definition) is 3. The largest absolute Gasteiger partial charge is 0.466 e. The lowest BCUT2D eigenvalue weighted by Gasteiger charge is -2.22. The van der Waals surface area contributed by atoms with E-state index < -0.39 is 12.1 Å². The first-order valence-corrected chi connectivity index (χ1v) is 29.9. The number of aliphatic hydroxyl groups is 2. The topological polar surface area (TPSA) is 95.9 Å². The van der Waals surface area contributed by atoms with E-state index >= 15 is 0 Å². The van der Waals surface area contributed by atoms with Crippen LogP contribution in [-0.4, -0.2) is 47.4 Å². The normalized spacial score (nSPS) is 12.9. The maximum Gasteiger partial charge on any atom is 0.305 e. The molecule has 68 heavy (non-hydrogen) atoms. The Kier molecular flexibility index (Phi) is 55.6. The summed E-state index contributed by atoms with van der Waals surface area (Å²) in [4.78, 5) is 24.5. The van der Waals surface area contributed by atoms with Crippen molar-refractivity contribution in [3.63, 3.8) is 0 Å². The highest BCUT2D eigenvalue weighted by atomic mass is 16.5. The summed E-state index contributed by atoms with van der Waals surface area (Å²) in [6, 6.07) is -0.555. The Bertz CT molecular complexity index is 1150. The molecule has 0 aliphatic heterocycles. The Morgan fingerprint density at radius 3 is 1.15 bits per heavy atom. The number of carbonyl (C=O) groups is 2. The van der Waals surface area contributed by atoms with Crippen LogP contribution in [0.1, 0.15) is 309 Å². The number of allylic oxidation sites excluding steroid dienone is 8. The third-order valence-corrected chi connectivity index (χ3v) is 13.6. The van der Waals surface area contributed by atoms with Gasteiger partial charge in [-0.2, -0.15) is 0 Å². The minimum absolute atomic E-state index is 0.0234. The number of hydrogen-bond acceptors (Lipinski definition) is 5. The van der Waals surface area contributed by atoms with E-state index in [1.54, 1.807) is 0 Å². The van der Waals surface area contributed by atoms with Gasteiger partial charge in [-0.05, 0) is 96.3 Å². The molecule has 3 N–H and O–H groups in total. The molecule has 6 heteroatoms. The van der Waals surface area contributed by atoms with Gasteiger partial charge in [0.1, 0.15) is 0 Å². The minimum Gasteiger partial charge on any atom is -0.466 e. The van der Waals surface area contributed by atoms with E-state index in [2.05, 4.69) is 67.8 Å². The van der Waals surface area contributed by atoms with Gasteiger partial charge in [0.15, 0.2) is 0 Å². The highest BCUT2D eigenvalue weighted by molar-refractivity contribution is 5.76. The van der Waals surface area contributed by atoms with Gasteiger partial charge in [0.05, 0.1) is 25.4 Å². The summed E-state index contributed by atoms with van der Waals surface area (Å²) < 4.78 is 5.46. The zero-order valence-electron chi connectivity index (χ0n) is 45.3. The van der Waals surface area contributed by atoms with Crippen LogP contribution in [0.25, 0.3) is 0 Å². The molecule has 0 spiro atoms. The van der Waals surface area contributed by atoms with Crippen LogP contribution in [0.2, 0.25) is 0 Å². The van der Waals surface area contributed by atoms with Gasteiger partial charge in [0.2, 0.25) is 5.91 Å². The number of ether oxygens (including phenoxy) is 1. The molecule has 0 saturated heterocycles. The monoisotopic (exact) mass is 954 g/mol. The molecule has 0 rings (SSSR count). The Morgan fingerprint density at radius 1 is 0.412 bits per heavy atom. The van der Waals surface area contributed by atoms with Gasteiger partial charge in [-0.25, -0.2) is 0 Å². The van der Waals surface area contributed by atoms with E-state index in [1.807, 2.05) is 0 Å². The Morgan fingerprint density at radius 2 is 0.735 bits per heavy atom. The SMILES string of the molecule is CCCCC/C=C\C/C=C\CCCCCCCCCC(=O)OCCCCC/C=C\C/C=C\CCCCCCCCCC(=O)NC(CO)C(O)CCCCCCCCCCCCCCCCCCC. The van der Waals surface area contributed by atoms with Crippen molar-refractivity contribution in [2.75, 3.05) is 13.2 Å². The summed E-state index contributed by atoms with van der Waals surface area (Å²) in [6.07, 6.45) is 72.4. The molecule has 2 unspecified atom stereocenters. The quantitative estimate of drug-likeness (QED) is 0.0321. The molecule has 6 nitrogen and oxygen atoms in total. The predicted octanol–water partition coefficient (Wildman–Crippen LogP) is 18.6. The van der Waals surface area contributed by atoms with Crippen molar-refractivity contribution < 1.29 is 24.5 Å². The average Bonchev–Trinajstić information content (AvgIpc) is 3.34. The fourth-order valence-corrected chi connectivity index (χ4v) is 8.99. The van der Waals surface area contributed by atoms with Gasteiger partial charge in [0, 0.05) is 12.8 Å². The van der Waals surface area contributed by atoms with Crippen molar-refractivity contribution in [2.45, 2.75) is 321 Å². The molecule has 0 aromatic heterocycles. The Hall–Kier alpha value is -2.18. The van der Waals surface area contributed by atoms with Crippen LogP contribution in [0.3, 0.4) is 0 Å². The molecule has 0 aromatic carbocycles. The standard InChI is InChI=1S/C62H115NO5/c1-3-5-7-9-11-13-15-17-19-22-26-30-34-38-42-46-50-54-60(65)59(58-64)63-61(66)55-51-47-43-39-35-31-27-24-21-25-29-33-37-41-45-49-53-57-68-62(67)56-52-48-44-40-36-32-28-23-20-18-16-14-12-10-8-6-4-2/h12,14,18,20-21,25,33,37,59-60,64-65H,3-11,13,15-17,19,22-24,26-32,34-36,38-58H2,1-2H3,(H,63,66)/b14-12-,20-18-,25-21-,37-33-. The molecule has 0 heterocycles. The minimum atomic E-state index is -0.676. The molecule has 398 valence electrons. The van der Waals surface area contributed by atoms with Gasteiger partial charge in [-0.15, -0.1) is 0 Å². The highest BCUT2D eigenvalue weighted by Crippen LogP contribution is 2.17. The number of esters is 1. The fourth-order valence-electron chi connectivity index (χ4n) is 8.99. The van der Waals surface area contributed by atoms with Crippen LogP contribution < -0.4 is 5.32 Å². The lowest BCUT2D eigenvalue weighted by atomic mass is 10.0. The second-order valence-electron chi connectivity index (χ2n) is 20.3. The predicted molar refractivity (Wildman–Crippen MR) is 296 cm³/mol. The van der Waals surface area contributed by atoms with Crippen LogP contribution in [0.5, 0.6) is 0 Å². The maximum absolute atomic E-state index is 12.5. The van der Waals surface area contributed by atoms with Gasteiger partial charge in [0.25, 0.3) is 0 Å². The van der Waals surface area contributed by atoms with Crippen molar-refractivity contribution in [3.05, 3.63) is 48.6 Å². The lowest BCUT2D eigenvalue weighted by Crippen LogP contribution is -2.45.